The van der Waals surface area contributed by atoms with E-state index in [4.69, 9.17) is 13.9 Å². The fourth-order valence-electron chi connectivity index (χ4n) is 2.97. The molecule has 3 rings (SSSR count). The topological polar surface area (TPSA) is 51.9 Å². The van der Waals surface area contributed by atoms with Gasteiger partial charge in [-0.25, -0.2) is 0 Å². The maximum atomic E-state index is 12.6. The van der Waals surface area contributed by atoms with Gasteiger partial charge in [0, 0.05) is 12.1 Å². The van der Waals surface area contributed by atoms with Crippen LogP contribution in [0.4, 0.5) is 0 Å². The number of carbonyl (C=O) groups excluding carboxylic acids is 1. The molecule has 1 aromatic heterocycles. The molecule has 2 heterocycles. The number of likely N-dealkylation sites (tertiary alicyclic amines) is 1. The molecule has 5 nitrogen and oxygen atoms in total. The van der Waals surface area contributed by atoms with Crippen LogP contribution in [-0.2, 0) is 0 Å². The highest BCUT2D eigenvalue weighted by atomic mass is 16.5. The van der Waals surface area contributed by atoms with Crippen molar-refractivity contribution < 1.29 is 18.7 Å². The Morgan fingerprint density at radius 2 is 2.14 bits per heavy atom. The third-order valence-electron chi connectivity index (χ3n) is 4.04. The Kier molecular flexibility index (Phi) is 4.04. The van der Waals surface area contributed by atoms with E-state index in [1.807, 2.05) is 23.1 Å². The summed E-state index contributed by atoms with van der Waals surface area (Å²) in [4.78, 5) is 14.4. The predicted molar refractivity (Wildman–Crippen MR) is 81.3 cm³/mol. The molecule has 0 saturated carbocycles. The molecule has 5 heteroatoms. The summed E-state index contributed by atoms with van der Waals surface area (Å²) in [5.74, 6) is 1.81. The number of rotatable bonds is 4. The Labute approximate surface area is 129 Å². The Balaban J connectivity index is 1.94. The smallest absolute Gasteiger partial charge is 0.290 e. The van der Waals surface area contributed by atoms with Crippen LogP contribution in [0.25, 0.3) is 0 Å². The van der Waals surface area contributed by atoms with E-state index in [0.717, 1.165) is 29.9 Å². The minimum absolute atomic E-state index is 0.0253. The summed E-state index contributed by atoms with van der Waals surface area (Å²) >= 11 is 0. The van der Waals surface area contributed by atoms with Gasteiger partial charge in [0.1, 0.15) is 11.5 Å². The molecule has 1 aromatic carbocycles. The van der Waals surface area contributed by atoms with E-state index in [1.165, 1.54) is 6.26 Å². The number of amides is 1. The molecule has 116 valence electrons. The molecular weight excluding hydrogens is 282 g/mol. The second kappa shape index (κ2) is 6.13. The van der Waals surface area contributed by atoms with Crippen LogP contribution in [0.3, 0.4) is 0 Å². The predicted octanol–water partition coefficient (Wildman–Crippen LogP) is 3.27. The minimum Gasteiger partial charge on any atom is -0.497 e. The Morgan fingerprint density at radius 3 is 2.82 bits per heavy atom. The Morgan fingerprint density at radius 1 is 1.27 bits per heavy atom. The number of hydrogen-bond donors (Lipinski definition) is 0. The minimum atomic E-state index is -0.0858. The fourth-order valence-corrected chi connectivity index (χ4v) is 2.97. The summed E-state index contributed by atoms with van der Waals surface area (Å²) in [7, 11) is 3.27. The standard InChI is InChI=1S/C17H19NO4/c1-20-12-7-8-15(21-2)13(11-12)14-5-3-9-18(14)17(19)16-6-4-10-22-16/h4,6-8,10-11,14H,3,5,9H2,1-2H3. The lowest BCUT2D eigenvalue weighted by Gasteiger charge is -2.26. The molecule has 1 aliphatic rings. The highest BCUT2D eigenvalue weighted by Crippen LogP contribution is 2.39. The largest absolute Gasteiger partial charge is 0.497 e. The lowest BCUT2D eigenvalue weighted by molar-refractivity contribution is 0.0701. The molecule has 0 N–H and O–H groups in total. The van der Waals surface area contributed by atoms with E-state index in [0.29, 0.717) is 12.3 Å². The number of carbonyl (C=O) groups is 1. The maximum Gasteiger partial charge on any atom is 0.290 e. The molecule has 1 saturated heterocycles. The van der Waals surface area contributed by atoms with Gasteiger partial charge in [0.25, 0.3) is 5.91 Å². The molecular formula is C17H19NO4. The quantitative estimate of drug-likeness (QED) is 0.869. The molecule has 0 aliphatic carbocycles. The molecule has 1 fully saturated rings. The Bertz CT molecular complexity index is 651. The normalized spacial score (nSPS) is 17.5. The van der Waals surface area contributed by atoms with Gasteiger partial charge in [0.2, 0.25) is 0 Å². The number of ether oxygens (including phenoxy) is 2. The van der Waals surface area contributed by atoms with Crippen molar-refractivity contribution in [3.05, 3.63) is 47.9 Å². The summed E-state index contributed by atoms with van der Waals surface area (Å²) in [6.45, 7) is 0.713. The number of methoxy groups -OCH3 is 2. The van der Waals surface area contributed by atoms with Crippen LogP contribution >= 0.6 is 0 Å². The van der Waals surface area contributed by atoms with E-state index < -0.39 is 0 Å². The highest BCUT2D eigenvalue weighted by molar-refractivity contribution is 5.92. The molecule has 1 aliphatic heterocycles. The average molecular weight is 301 g/mol. The molecule has 22 heavy (non-hydrogen) atoms. The summed E-state index contributed by atoms with van der Waals surface area (Å²) in [6, 6.07) is 9.07. The summed E-state index contributed by atoms with van der Waals surface area (Å²) in [5, 5.41) is 0. The first-order valence-electron chi connectivity index (χ1n) is 7.31. The molecule has 0 bridgehead atoms. The lowest BCUT2D eigenvalue weighted by atomic mass is 10.0. The van der Waals surface area contributed by atoms with Gasteiger partial charge in [0.15, 0.2) is 5.76 Å². The van der Waals surface area contributed by atoms with E-state index in [9.17, 15) is 4.79 Å². The number of furan rings is 1. The lowest BCUT2D eigenvalue weighted by Crippen LogP contribution is -2.30. The van der Waals surface area contributed by atoms with Crippen molar-refractivity contribution in [3.8, 4) is 11.5 Å². The summed E-state index contributed by atoms with van der Waals surface area (Å²) in [6.07, 6.45) is 3.37. The van der Waals surface area contributed by atoms with Gasteiger partial charge in [-0.15, -0.1) is 0 Å². The Hall–Kier alpha value is -2.43. The van der Waals surface area contributed by atoms with Crippen molar-refractivity contribution in [1.82, 2.24) is 4.90 Å². The number of benzene rings is 1. The monoisotopic (exact) mass is 301 g/mol. The van der Waals surface area contributed by atoms with Crippen LogP contribution in [0.1, 0.15) is 35.0 Å². The van der Waals surface area contributed by atoms with Crippen molar-refractivity contribution in [1.29, 1.82) is 0 Å². The maximum absolute atomic E-state index is 12.6. The number of hydrogen-bond acceptors (Lipinski definition) is 4. The third kappa shape index (κ3) is 2.54. The van der Waals surface area contributed by atoms with Crippen LogP contribution in [0.5, 0.6) is 11.5 Å². The SMILES string of the molecule is COc1ccc(OC)c(C2CCCN2C(=O)c2ccco2)c1. The van der Waals surface area contributed by atoms with E-state index in [-0.39, 0.29) is 11.9 Å². The first-order chi connectivity index (χ1) is 10.7. The molecule has 1 amide bonds. The van der Waals surface area contributed by atoms with Crippen LogP contribution in [-0.4, -0.2) is 31.6 Å². The second-order valence-corrected chi connectivity index (χ2v) is 5.24. The molecule has 2 aromatic rings. The van der Waals surface area contributed by atoms with Gasteiger partial charge in [0.05, 0.1) is 26.5 Å². The van der Waals surface area contributed by atoms with Crippen molar-refractivity contribution in [3.63, 3.8) is 0 Å². The molecule has 1 atom stereocenters. The average Bonchev–Trinajstić information content (AvgIpc) is 3.24. The first-order valence-corrected chi connectivity index (χ1v) is 7.31. The van der Waals surface area contributed by atoms with Gasteiger partial charge in [-0.3, -0.25) is 4.79 Å². The van der Waals surface area contributed by atoms with Crippen molar-refractivity contribution in [2.24, 2.45) is 0 Å². The third-order valence-corrected chi connectivity index (χ3v) is 4.04. The number of nitrogens with zero attached hydrogens (tertiary/aromatic N) is 1. The highest BCUT2D eigenvalue weighted by Gasteiger charge is 2.33. The zero-order valence-electron chi connectivity index (χ0n) is 12.7. The first kappa shape index (κ1) is 14.5. The van der Waals surface area contributed by atoms with Gasteiger partial charge >= 0.3 is 0 Å². The van der Waals surface area contributed by atoms with Crippen molar-refractivity contribution in [2.75, 3.05) is 20.8 Å². The zero-order chi connectivity index (χ0) is 15.5. The van der Waals surface area contributed by atoms with Crippen LogP contribution in [0, 0.1) is 0 Å². The van der Waals surface area contributed by atoms with Gasteiger partial charge in [-0.2, -0.15) is 0 Å². The second-order valence-electron chi connectivity index (χ2n) is 5.24. The van der Waals surface area contributed by atoms with Crippen molar-refractivity contribution >= 4 is 5.91 Å². The summed E-state index contributed by atoms with van der Waals surface area (Å²) < 4.78 is 16.0. The van der Waals surface area contributed by atoms with Gasteiger partial charge in [-0.1, -0.05) is 0 Å². The van der Waals surface area contributed by atoms with Crippen LogP contribution in [0.15, 0.2) is 41.0 Å². The molecule has 0 spiro atoms. The fraction of sp³-hybridized carbons (Fsp3) is 0.353. The van der Waals surface area contributed by atoms with E-state index in [1.54, 1.807) is 26.4 Å². The van der Waals surface area contributed by atoms with Gasteiger partial charge < -0.3 is 18.8 Å². The van der Waals surface area contributed by atoms with Crippen molar-refractivity contribution in [2.45, 2.75) is 18.9 Å². The van der Waals surface area contributed by atoms with Gasteiger partial charge in [-0.05, 0) is 43.2 Å². The van der Waals surface area contributed by atoms with E-state index in [2.05, 4.69) is 0 Å². The summed E-state index contributed by atoms with van der Waals surface area (Å²) in [5.41, 5.74) is 0.972. The van der Waals surface area contributed by atoms with Crippen LogP contribution in [0.2, 0.25) is 0 Å². The van der Waals surface area contributed by atoms with Crippen LogP contribution < -0.4 is 9.47 Å². The molecule has 0 radical (unpaired) electrons. The van der Waals surface area contributed by atoms with E-state index >= 15 is 0 Å². The molecule has 1 unspecified atom stereocenters. The zero-order valence-corrected chi connectivity index (χ0v) is 12.7.